The normalized spacial score (nSPS) is 23.9. The van der Waals surface area contributed by atoms with Crippen molar-refractivity contribution in [3.8, 4) is 0 Å². The smallest absolute Gasteiger partial charge is 0.272 e. The van der Waals surface area contributed by atoms with Gasteiger partial charge in [-0.05, 0) is 25.8 Å². The predicted octanol–water partition coefficient (Wildman–Crippen LogP) is 1.40. The summed E-state index contributed by atoms with van der Waals surface area (Å²) >= 11 is 0. The van der Waals surface area contributed by atoms with Gasteiger partial charge in [0, 0.05) is 31.3 Å². The molecule has 1 aliphatic carbocycles. The minimum Gasteiger partial charge on any atom is -0.396 e. The molecule has 19 heavy (non-hydrogen) atoms. The number of amides is 1. The third kappa shape index (κ3) is 3.35. The Hall–Kier alpha value is -1.36. The molecule has 0 bridgehead atoms. The van der Waals surface area contributed by atoms with E-state index in [1.54, 1.807) is 10.7 Å². The third-order valence-corrected chi connectivity index (χ3v) is 4.06. The van der Waals surface area contributed by atoms with Crippen LogP contribution in [-0.2, 0) is 7.05 Å². The van der Waals surface area contributed by atoms with Crippen LogP contribution in [0.4, 0.5) is 0 Å². The van der Waals surface area contributed by atoms with E-state index in [2.05, 4.69) is 10.4 Å². The van der Waals surface area contributed by atoms with Crippen molar-refractivity contribution in [3.63, 3.8) is 0 Å². The van der Waals surface area contributed by atoms with Crippen LogP contribution in [0.15, 0.2) is 6.07 Å². The second kappa shape index (κ2) is 6.19. The highest BCUT2D eigenvalue weighted by molar-refractivity contribution is 5.92. The fraction of sp³-hybridized carbons (Fsp3) is 0.714. The first kappa shape index (κ1) is 14.1. The van der Waals surface area contributed by atoms with Crippen molar-refractivity contribution in [1.82, 2.24) is 15.1 Å². The molecule has 1 heterocycles. The number of carbonyl (C=O) groups is 1. The van der Waals surface area contributed by atoms with E-state index in [-0.39, 0.29) is 24.5 Å². The number of aliphatic hydroxyl groups is 1. The van der Waals surface area contributed by atoms with Crippen LogP contribution in [0.5, 0.6) is 0 Å². The molecule has 5 nitrogen and oxygen atoms in total. The van der Waals surface area contributed by atoms with Crippen molar-refractivity contribution in [2.45, 2.75) is 45.1 Å². The Labute approximate surface area is 114 Å². The monoisotopic (exact) mass is 265 g/mol. The number of aryl methyl sites for hydroxylation is 2. The molecule has 2 atom stereocenters. The molecular weight excluding hydrogens is 242 g/mol. The molecule has 1 aromatic heterocycles. The largest absolute Gasteiger partial charge is 0.396 e. The number of aromatic nitrogens is 2. The summed E-state index contributed by atoms with van der Waals surface area (Å²) in [5.41, 5.74) is 1.42. The molecule has 2 rings (SSSR count). The molecule has 2 N–H and O–H groups in total. The van der Waals surface area contributed by atoms with Gasteiger partial charge in [-0.2, -0.15) is 5.10 Å². The minimum absolute atomic E-state index is 0.0716. The molecule has 106 valence electrons. The topological polar surface area (TPSA) is 67.2 Å². The number of rotatable bonds is 3. The van der Waals surface area contributed by atoms with E-state index in [4.69, 9.17) is 0 Å². The van der Waals surface area contributed by atoms with Crippen LogP contribution in [0.3, 0.4) is 0 Å². The molecule has 0 saturated heterocycles. The highest BCUT2D eigenvalue weighted by atomic mass is 16.3. The number of aliphatic hydroxyl groups excluding tert-OH is 1. The second-order valence-corrected chi connectivity index (χ2v) is 5.46. The Balaban J connectivity index is 2.03. The Morgan fingerprint density at radius 2 is 2.21 bits per heavy atom. The van der Waals surface area contributed by atoms with E-state index in [1.807, 2.05) is 14.0 Å². The van der Waals surface area contributed by atoms with Gasteiger partial charge >= 0.3 is 0 Å². The summed E-state index contributed by atoms with van der Waals surface area (Å²) < 4.78 is 1.70. The summed E-state index contributed by atoms with van der Waals surface area (Å²) in [7, 11) is 1.83. The zero-order chi connectivity index (χ0) is 13.8. The highest BCUT2D eigenvalue weighted by Crippen LogP contribution is 2.23. The van der Waals surface area contributed by atoms with Crippen molar-refractivity contribution in [1.29, 1.82) is 0 Å². The molecule has 0 spiro atoms. The Morgan fingerprint density at radius 1 is 1.47 bits per heavy atom. The van der Waals surface area contributed by atoms with E-state index in [1.165, 1.54) is 6.42 Å². The van der Waals surface area contributed by atoms with Crippen LogP contribution in [-0.4, -0.2) is 33.4 Å². The van der Waals surface area contributed by atoms with Crippen LogP contribution in [0, 0.1) is 12.8 Å². The molecule has 1 aliphatic rings. The highest BCUT2D eigenvalue weighted by Gasteiger charge is 2.25. The molecule has 0 aromatic carbocycles. The van der Waals surface area contributed by atoms with Crippen LogP contribution in [0.2, 0.25) is 0 Å². The second-order valence-electron chi connectivity index (χ2n) is 5.46. The van der Waals surface area contributed by atoms with Gasteiger partial charge in [0.25, 0.3) is 5.91 Å². The standard InChI is InChI=1S/C14H23N3O2/c1-10-8-13(16-17(10)2)14(19)15-12-7-5-3-4-6-11(12)9-18/h8,11-12,18H,3-7,9H2,1-2H3,(H,15,19). The zero-order valence-corrected chi connectivity index (χ0v) is 11.7. The van der Waals surface area contributed by atoms with Crippen molar-refractivity contribution >= 4 is 5.91 Å². The van der Waals surface area contributed by atoms with Gasteiger partial charge in [0.2, 0.25) is 0 Å². The molecule has 2 unspecified atom stereocenters. The van der Waals surface area contributed by atoms with Crippen molar-refractivity contribution in [2.75, 3.05) is 6.61 Å². The van der Waals surface area contributed by atoms with Gasteiger partial charge in [0.1, 0.15) is 5.69 Å². The first-order valence-corrected chi connectivity index (χ1v) is 7.04. The van der Waals surface area contributed by atoms with Crippen LogP contribution in [0.25, 0.3) is 0 Å². The zero-order valence-electron chi connectivity index (χ0n) is 11.7. The lowest BCUT2D eigenvalue weighted by Gasteiger charge is -2.24. The summed E-state index contributed by atoms with van der Waals surface area (Å²) in [6, 6.07) is 1.86. The summed E-state index contributed by atoms with van der Waals surface area (Å²) in [6.07, 6.45) is 5.38. The fourth-order valence-electron chi connectivity index (χ4n) is 2.71. The SMILES string of the molecule is Cc1cc(C(=O)NC2CCCCCC2CO)nn1C. The van der Waals surface area contributed by atoms with Crippen molar-refractivity contribution < 1.29 is 9.90 Å². The maximum Gasteiger partial charge on any atom is 0.272 e. The van der Waals surface area contributed by atoms with E-state index in [9.17, 15) is 9.90 Å². The lowest BCUT2D eigenvalue weighted by atomic mass is 9.95. The first-order chi connectivity index (χ1) is 9.11. The number of hydrogen-bond acceptors (Lipinski definition) is 3. The molecule has 1 amide bonds. The average molecular weight is 265 g/mol. The number of nitrogens with one attached hydrogen (secondary N) is 1. The summed E-state index contributed by atoms with van der Waals surface area (Å²) in [4.78, 5) is 12.2. The number of carbonyl (C=O) groups excluding carboxylic acids is 1. The first-order valence-electron chi connectivity index (χ1n) is 7.04. The van der Waals surface area contributed by atoms with Crippen molar-refractivity contribution in [3.05, 3.63) is 17.5 Å². The van der Waals surface area contributed by atoms with Gasteiger partial charge in [-0.1, -0.05) is 19.3 Å². The molecule has 0 aliphatic heterocycles. The van der Waals surface area contributed by atoms with E-state index in [0.717, 1.165) is 31.4 Å². The summed E-state index contributed by atoms with van der Waals surface area (Å²) in [5.74, 6) is 0.0466. The quantitative estimate of drug-likeness (QED) is 0.812. The summed E-state index contributed by atoms with van der Waals surface area (Å²) in [6.45, 7) is 2.07. The minimum atomic E-state index is -0.131. The Kier molecular flexibility index (Phi) is 4.58. The lowest BCUT2D eigenvalue weighted by Crippen LogP contribution is -2.41. The predicted molar refractivity (Wildman–Crippen MR) is 72.9 cm³/mol. The molecule has 1 aromatic rings. The van der Waals surface area contributed by atoms with E-state index < -0.39 is 0 Å². The van der Waals surface area contributed by atoms with Crippen LogP contribution < -0.4 is 5.32 Å². The molecule has 5 heteroatoms. The number of nitrogens with zero attached hydrogens (tertiary/aromatic N) is 2. The van der Waals surface area contributed by atoms with Gasteiger partial charge in [0.15, 0.2) is 0 Å². The lowest BCUT2D eigenvalue weighted by molar-refractivity contribution is 0.0893. The molecule has 0 radical (unpaired) electrons. The Bertz CT molecular complexity index is 422. The van der Waals surface area contributed by atoms with Gasteiger partial charge in [-0.25, -0.2) is 0 Å². The molecular formula is C14H23N3O2. The van der Waals surface area contributed by atoms with Crippen LogP contribution >= 0.6 is 0 Å². The van der Waals surface area contributed by atoms with Gasteiger partial charge < -0.3 is 10.4 Å². The van der Waals surface area contributed by atoms with Gasteiger partial charge in [0.05, 0.1) is 0 Å². The maximum absolute atomic E-state index is 12.2. The van der Waals surface area contributed by atoms with Crippen LogP contribution in [0.1, 0.15) is 48.3 Å². The van der Waals surface area contributed by atoms with Gasteiger partial charge in [-0.3, -0.25) is 9.48 Å². The van der Waals surface area contributed by atoms with Crippen molar-refractivity contribution in [2.24, 2.45) is 13.0 Å². The number of hydrogen-bond donors (Lipinski definition) is 2. The third-order valence-electron chi connectivity index (χ3n) is 4.06. The summed E-state index contributed by atoms with van der Waals surface area (Å²) in [5, 5.41) is 16.7. The average Bonchev–Trinajstić information content (AvgIpc) is 2.62. The fourth-order valence-corrected chi connectivity index (χ4v) is 2.71. The molecule has 1 saturated carbocycles. The van der Waals surface area contributed by atoms with E-state index >= 15 is 0 Å². The molecule has 1 fully saturated rings. The van der Waals surface area contributed by atoms with E-state index in [0.29, 0.717) is 5.69 Å². The van der Waals surface area contributed by atoms with Gasteiger partial charge in [-0.15, -0.1) is 0 Å². The maximum atomic E-state index is 12.2. The Morgan fingerprint density at radius 3 is 2.84 bits per heavy atom.